The van der Waals surface area contributed by atoms with Gasteiger partial charge < -0.3 is 4.90 Å². The van der Waals surface area contributed by atoms with Crippen molar-refractivity contribution in [3.05, 3.63) is 150 Å². The van der Waals surface area contributed by atoms with Crippen LogP contribution in [0.2, 0.25) is 0 Å². The van der Waals surface area contributed by atoms with Gasteiger partial charge in [0, 0.05) is 17.1 Å². The van der Waals surface area contributed by atoms with Crippen LogP contribution in [-0.4, -0.2) is 0 Å². The highest BCUT2D eigenvalue weighted by Crippen LogP contribution is 2.35. The Morgan fingerprint density at radius 3 is 1.39 bits per heavy atom. The number of rotatable bonds is 7. The molecule has 5 aromatic rings. The summed E-state index contributed by atoms with van der Waals surface area (Å²) >= 11 is 0. The van der Waals surface area contributed by atoms with Crippen LogP contribution < -0.4 is 4.90 Å². The van der Waals surface area contributed by atoms with Gasteiger partial charge in [0.15, 0.2) is 0 Å². The monoisotopic (exact) mass is 465 g/mol. The van der Waals surface area contributed by atoms with Gasteiger partial charge in [0.2, 0.25) is 0 Å². The van der Waals surface area contributed by atoms with Crippen LogP contribution in [0.15, 0.2) is 133 Å². The second kappa shape index (κ2) is 10.9. The van der Waals surface area contributed by atoms with Crippen LogP contribution in [0, 0.1) is 0 Å². The van der Waals surface area contributed by atoms with Crippen molar-refractivity contribution < 1.29 is 0 Å². The van der Waals surface area contributed by atoms with Gasteiger partial charge in [0.1, 0.15) is 0 Å². The maximum atomic E-state index is 2.30. The quantitative estimate of drug-likeness (QED) is 0.216. The molecule has 36 heavy (non-hydrogen) atoms. The van der Waals surface area contributed by atoms with Crippen LogP contribution in [-0.2, 0) is 0 Å². The third kappa shape index (κ3) is 5.47. The average Bonchev–Trinajstić information content (AvgIpc) is 2.94. The lowest BCUT2D eigenvalue weighted by atomic mass is 10.0. The summed E-state index contributed by atoms with van der Waals surface area (Å²) in [6.07, 6.45) is 4.35. The van der Waals surface area contributed by atoms with Crippen molar-refractivity contribution in [2.45, 2.75) is 19.8 Å². The Balaban J connectivity index is 1.41. The molecule has 176 valence electrons. The van der Waals surface area contributed by atoms with E-state index in [0.29, 0.717) is 5.92 Å². The lowest BCUT2D eigenvalue weighted by Crippen LogP contribution is -2.09. The van der Waals surface area contributed by atoms with Crippen molar-refractivity contribution in [2.24, 2.45) is 0 Å². The second-order valence-corrected chi connectivity index (χ2v) is 9.33. The molecule has 1 heteroatoms. The summed E-state index contributed by atoms with van der Waals surface area (Å²) in [5.41, 5.74) is 9.61. The van der Waals surface area contributed by atoms with E-state index in [1.807, 2.05) is 0 Å². The van der Waals surface area contributed by atoms with E-state index >= 15 is 0 Å². The average molecular weight is 466 g/mol. The first kappa shape index (κ1) is 23.4. The maximum absolute atomic E-state index is 2.30. The number of hydrogen-bond acceptors (Lipinski definition) is 1. The van der Waals surface area contributed by atoms with Crippen LogP contribution in [0.1, 0.15) is 36.5 Å². The Morgan fingerprint density at radius 1 is 0.444 bits per heavy atom. The number of hydrogen-bond donors (Lipinski definition) is 0. The first-order valence-electron chi connectivity index (χ1n) is 12.6. The minimum atomic E-state index is 0.553. The molecule has 0 heterocycles. The minimum Gasteiger partial charge on any atom is -0.311 e. The Kier molecular flexibility index (Phi) is 7.10. The molecule has 0 aliphatic heterocycles. The molecule has 0 saturated heterocycles. The van der Waals surface area contributed by atoms with E-state index in [2.05, 4.69) is 164 Å². The van der Waals surface area contributed by atoms with Gasteiger partial charge in [0.05, 0.1) is 0 Å². The van der Waals surface area contributed by atoms with E-state index in [0.717, 1.165) is 17.1 Å². The highest BCUT2D eigenvalue weighted by molar-refractivity contribution is 5.79. The second-order valence-electron chi connectivity index (χ2n) is 9.33. The molecule has 0 aliphatic carbocycles. The third-order valence-electron chi connectivity index (χ3n) is 6.47. The standard InChI is InChI=1S/C35H31N/c1-27(2)30-19-15-28(16-20-30)13-14-29-17-23-34(24-18-29)36(33-11-7-4-8-12-33)35-25-21-32(22-26-35)31-9-5-3-6-10-31/h3-27H,1-2H3/b14-13+. The zero-order chi connectivity index (χ0) is 24.7. The highest BCUT2D eigenvalue weighted by atomic mass is 15.1. The van der Waals surface area contributed by atoms with Gasteiger partial charge in [-0.15, -0.1) is 0 Å². The van der Waals surface area contributed by atoms with Gasteiger partial charge >= 0.3 is 0 Å². The van der Waals surface area contributed by atoms with E-state index in [4.69, 9.17) is 0 Å². The SMILES string of the molecule is CC(C)c1ccc(/C=C/c2ccc(N(c3ccccc3)c3ccc(-c4ccccc4)cc3)cc2)cc1. The van der Waals surface area contributed by atoms with Gasteiger partial charge in [-0.1, -0.05) is 123 Å². The van der Waals surface area contributed by atoms with E-state index in [9.17, 15) is 0 Å². The van der Waals surface area contributed by atoms with Crippen molar-refractivity contribution in [3.63, 3.8) is 0 Å². The van der Waals surface area contributed by atoms with Gasteiger partial charge in [-0.2, -0.15) is 0 Å². The molecular formula is C35H31N. The summed E-state index contributed by atoms with van der Waals surface area (Å²) in [5.74, 6) is 0.553. The summed E-state index contributed by atoms with van der Waals surface area (Å²) in [4.78, 5) is 2.30. The Hall–Kier alpha value is -4.36. The van der Waals surface area contributed by atoms with Gasteiger partial charge in [0.25, 0.3) is 0 Å². The number of benzene rings is 5. The molecule has 0 aromatic heterocycles. The zero-order valence-corrected chi connectivity index (χ0v) is 20.9. The molecule has 5 aromatic carbocycles. The molecule has 0 saturated carbocycles. The van der Waals surface area contributed by atoms with Crippen molar-refractivity contribution in [1.29, 1.82) is 0 Å². The predicted molar refractivity (Wildman–Crippen MR) is 156 cm³/mol. The summed E-state index contributed by atoms with van der Waals surface area (Å²) < 4.78 is 0. The lowest BCUT2D eigenvalue weighted by Gasteiger charge is -2.25. The predicted octanol–water partition coefficient (Wildman–Crippen LogP) is 10.1. The number of anilines is 3. The summed E-state index contributed by atoms with van der Waals surface area (Å²) in [5, 5.41) is 0. The van der Waals surface area contributed by atoms with Crippen LogP contribution in [0.5, 0.6) is 0 Å². The third-order valence-corrected chi connectivity index (χ3v) is 6.47. The Labute approximate surface area is 215 Å². The fourth-order valence-electron chi connectivity index (χ4n) is 4.38. The van der Waals surface area contributed by atoms with Gasteiger partial charge in [-0.3, -0.25) is 0 Å². The molecule has 0 unspecified atom stereocenters. The largest absolute Gasteiger partial charge is 0.311 e. The van der Waals surface area contributed by atoms with Crippen molar-refractivity contribution >= 4 is 29.2 Å². The molecule has 0 atom stereocenters. The molecule has 1 nitrogen and oxygen atoms in total. The first-order chi connectivity index (χ1) is 17.7. The van der Waals surface area contributed by atoms with Crippen LogP contribution >= 0.6 is 0 Å². The number of nitrogens with zero attached hydrogens (tertiary/aromatic N) is 1. The van der Waals surface area contributed by atoms with Crippen molar-refractivity contribution in [3.8, 4) is 11.1 Å². The van der Waals surface area contributed by atoms with E-state index < -0.39 is 0 Å². The Morgan fingerprint density at radius 2 is 0.861 bits per heavy atom. The Bertz CT molecular complexity index is 1400. The number of para-hydroxylation sites is 1. The smallest absolute Gasteiger partial charge is 0.0462 e. The maximum Gasteiger partial charge on any atom is 0.0462 e. The molecule has 0 aliphatic rings. The molecule has 0 radical (unpaired) electrons. The van der Waals surface area contributed by atoms with Crippen LogP contribution in [0.25, 0.3) is 23.3 Å². The molecule has 0 N–H and O–H groups in total. The van der Waals surface area contributed by atoms with Crippen molar-refractivity contribution in [1.82, 2.24) is 0 Å². The molecule has 0 bridgehead atoms. The fourth-order valence-corrected chi connectivity index (χ4v) is 4.38. The van der Waals surface area contributed by atoms with Gasteiger partial charge in [-0.05, 0) is 70.1 Å². The lowest BCUT2D eigenvalue weighted by molar-refractivity contribution is 0.866. The topological polar surface area (TPSA) is 3.24 Å². The highest BCUT2D eigenvalue weighted by Gasteiger charge is 2.12. The van der Waals surface area contributed by atoms with E-state index in [1.165, 1.54) is 27.8 Å². The van der Waals surface area contributed by atoms with Gasteiger partial charge in [-0.25, -0.2) is 0 Å². The molecular weight excluding hydrogens is 434 g/mol. The molecule has 5 rings (SSSR count). The summed E-state index contributed by atoms with van der Waals surface area (Å²) in [7, 11) is 0. The van der Waals surface area contributed by atoms with Crippen LogP contribution in [0.4, 0.5) is 17.1 Å². The fraction of sp³-hybridized carbons (Fsp3) is 0.0857. The van der Waals surface area contributed by atoms with Crippen LogP contribution in [0.3, 0.4) is 0 Å². The molecule has 0 spiro atoms. The normalized spacial score (nSPS) is 11.2. The molecule has 0 amide bonds. The summed E-state index contributed by atoms with van der Waals surface area (Å²) in [6, 6.07) is 47.4. The summed E-state index contributed by atoms with van der Waals surface area (Å²) in [6.45, 7) is 4.45. The van der Waals surface area contributed by atoms with E-state index in [1.54, 1.807) is 0 Å². The minimum absolute atomic E-state index is 0.553. The van der Waals surface area contributed by atoms with Crippen molar-refractivity contribution in [2.75, 3.05) is 4.90 Å². The zero-order valence-electron chi connectivity index (χ0n) is 20.9. The molecule has 0 fully saturated rings. The van der Waals surface area contributed by atoms with E-state index in [-0.39, 0.29) is 0 Å². The first-order valence-corrected chi connectivity index (χ1v) is 12.6.